The summed E-state index contributed by atoms with van der Waals surface area (Å²) in [6.07, 6.45) is 0.598. The molecule has 0 amide bonds. The molecule has 1 N–H and O–H groups in total. The van der Waals surface area contributed by atoms with Gasteiger partial charge in [-0.15, -0.1) is 12.4 Å². The van der Waals surface area contributed by atoms with Crippen LogP contribution in [0.2, 0.25) is 0 Å². The highest BCUT2D eigenvalue weighted by molar-refractivity contribution is 5.85. The molecule has 0 radical (unpaired) electrons. The summed E-state index contributed by atoms with van der Waals surface area (Å²) in [5.41, 5.74) is 3.18. The molecule has 108 valence electrons. The van der Waals surface area contributed by atoms with Gasteiger partial charge < -0.3 is 9.84 Å². The highest BCUT2D eigenvalue weighted by atomic mass is 35.5. The second-order valence-electron chi connectivity index (χ2n) is 5.53. The van der Waals surface area contributed by atoms with Crippen LogP contribution in [0.25, 0.3) is 0 Å². The van der Waals surface area contributed by atoms with E-state index < -0.39 is 0 Å². The van der Waals surface area contributed by atoms with Crippen LogP contribution in [0, 0.1) is 13.8 Å². The van der Waals surface area contributed by atoms with Gasteiger partial charge in [0.15, 0.2) is 0 Å². The molecule has 1 aromatic carbocycles. The van der Waals surface area contributed by atoms with Crippen molar-refractivity contribution in [3.05, 3.63) is 28.8 Å². The van der Waals surface area contributed by atoms with Crippen molar-refractivity contribution < 1.29 is 9.84 Å². The smallest absolute Gasteiger partial charge is 0.121 e. The molecule has 0 saturated carbocycles. The van der Waals surface area contributed by atoms with Crippen LogP contribution in [0.4, 0.5) is 0 Å². The van der Waals surface area contributed by atoms with Crippen molar-refractivity contribution in [2.45, 2.75) is 46.4 Å². The second-order valence-corrected chi connectivity index (χ2v) is 5.53. The van der Waals surface area contributed by atoms with Crippen LogP contribution < -0.4 is 0 Å². The first-order chi connectivity index (χ1) is 8.45. The van der Waals surface area contributed by atoms with E-state index in [2.05, 4.69) is 30.9 Å². The number of rotatable bonds is 2. The third-order valence-electron chi connectivity index (χ3n) is 3.45. The molecular weight excluding hydrogens is 262 g/mol. The number of morpholine rings is 1. The number of hydrogen-bond acceptors (Lipinski definition) is 3. The van der Waals surface area contributed by atoms with E-state index in [1.54, 1.807) is 0 Å². The third kappa shape index (κ3) is 4.10. The van der Waals surface area contributed by atoms with Crippen LogP contribution in [-0.2, 0) is 11.3 Å². The van der Waals surface area contributed by atoms with E-state index in [0.29, 0.717) is 18.0 Å². The molecule has 2 atom stereocenters. The van der Waals surface area contributed by atoms with Crippen molar-refractivity contribution in [3.63, 3.8) is 0 Å². The van der Waals surface area contributed by atoms with E-state index in [1.165, 1.54) is 5.56 Å². The molecule has 3 nitrogen and oxygen atoms in total. The zero-order chi connectivity index (χ0) is 13.3. The fourth-order valence-electron chi connectivity index (χ4n) is 2.81. The minimum Gasteiger partial charge on any atom is -0.507 e. The fourth-order valence-corrected chi connectivity index (χ4v) is 2.81. The van der Waals surface area contributed by atoms with Gasteiger partial charge in [-0.2, -0.15) is 0 Å². The predicted molar refractivity (Wildman–Crippen MR) is 80.1 cm³/mol. The number of aromatic hydroxyl groups is 1. The lowest BCUT2D eigenvalue weighted by molar-refractivity contribution is -0.0704. The summed E-state index contributed by atoms with van der Waals surface area (Å²) < 4.78 is 5.74. The van der Waals surface area contributed by atoms with Gasteiger partial charge in [0, 0.05) is 19.6 Å². The number of nitrogens with zero attached hydrogens (tertiary/aromatic N) is 1. The van der Waals surface area contributed by atoms with Crippen molar-refractivity contribution in [1.82, 2.24) is 4.90 Å². The van der Waals surface area contributed by atoms with Crippen LogP contribution in [0.15, 0.2) is 12.1 Å². The van der Waals surface area contributed by atoms with Crippen molar-refractivity contribution in [1.29, 1.82) is 0 Å². The van der Waals surface area contributed by atoms with E-state index in [9.17, 15) is 5.11 Å². The first-order valence-electron chi connectivity index (χ1n) is 6.62. The Balaban J connectivity index is 0.00000180. The molecule has 1 aromatic rings. The summed E-state index contributed by atoms with van der Waals surface area (Å²) in [6, 6.07) is 4.15. The number of ether oxygens (including phenoxy) is 1. The Labute approximate surface area is 122 Å². The van der Waals surface area contributed by atoms with Crippen LogP contribution in [0.3, 0.4) is 0 Å². The highest BCUT2D eigenvalue weighted by Gasteiger charge is 2.22. The summed E-state index contributed by atoms with van der Waals surface area (Å²) in [7, 11) is 0. The zero-order valence-corrected chi connectivity index (χ0v) is 13.0. The van der Waals surface area contributed by atoms with Crippen LogP contribution in [0.5, 0.6) is 5.75 Å². The summed E-state index contributed by atoms with van der Waals surface area (Å²) in [5.74, 6) is 0.419. The van der Waals surface area contributed by atoms with E-state index in [-0.39, 0.29) is 12.4 Å². The van der Waals surface area contributed by atoms with Crippen molar-refractivity contribution in [3.8, 4) is 5.75 Å². The maximum atomic E-state index is 9.79. The first kappa shape index (κ1) is 16.3. The Bertz CT molecular complexity index is 403. The maximum Gasteiger partial charge on any atom is 0.121 e. The Kier molecular flexibility index (Phi) is 5.65. The summed E-state index contributed by atoms with van der Waals surface area (Å²) in [6.45, 7) is 11.0. The van der Waals surface area contributed by atoms with Crippen LogP contribution in [-0.4, -0.2) is 35.3 Å². The Morgan fingerprint density at radius 2 is 1.63 bits per heavy atom. The Morgan fingerprint density at radius 1 is 1.16 bits per heavy atom. The molecule has 1 heterocycles. The highest BCUT2D eigenvalue weighted by Crippen LogP contribution is 2.24. The van der Waals surface area contributed by atoms with Crippen molar-refractivity contribution in [2.75, 3.05) is 13.1 Å². The lowest BCUT2D eigenvalue weighted by atomic mass is 10.0. The topological polar surface area (TPSA) is 32.7 Å². The molecular formula is C15H24ClNO2. The van der Waals surface area contributed by atoms with Gasteiger partial charge >= 0.3 is 0 Å². The van der Waals surface area contributed by atoms with Crippen molar-refractivity contribution >= 4 is 12.4 Å². The number of hydrogen-bond donors (Lipinski definition) is 1. The molecule has 0 aliphatic carbocycles. The van der Waals surface area contributed by atoms with E-state index in [0.717, 1.165) is 30.8 Å². The predicted octanol–water partition coefficient (Wildman–Crippen LogP) is 3.04. The second kappa shape index (κ2) is 6.60. The van der Waals surface area contributed by atoms with E-state index in [1.807, 2.05) is 13.8 Å². The van der Waals surface area contributed by atoms with Gasteiger partial charge in [-0.05, 0) is 44.4 Å². The van der Waals surface area contributed by atoms with E-state index in [4.69, 9.17) is 4.74 Å². The lowest BCUT2D eigenvalue weighted by Gasteiger charge is -2.35. The zero-order valence-electron chi connectivity index (χ0n) is 12.1. The number of phenolic OH excluding ortho intramolecular Hbond substituents is 1. The minimum absolute atomic E-state index is 0. The normalized spacial score (nSPS) is 24.0. The molecule has 1 fully saturated rings. The number of phenols is 1. The summed E-state index contributed by atoms with van der Waals surface area (Å²) >= 11 is 0. The first-order valence-corrected chi connectivity index (χ1v) is 6.62. The van der Waals surface area contributed by atoms with Gasteiger partial charge in [0.25, 0.3) is 0 Å². The third-order valence-corrected chi connectivity index (χ3v) is 3.45. The average molecular weight is 286 g/mol. The molecule has 4 heteroatoms. The SMILES string of the molecule is Cc1cc(CN2CC(C)OC(C)C2)cc(C)c1O.Cl. The Hall–Kier alpha value is -0.770. The van der Waals surface area contributed by atoms with Crippen LogP contribution in [0.1, 0.15) is 30.5 Å². The van der Waals surface area contributed by atoms with Gasteiger partial charge in [0.05, 0.1) is 12.2 Å². The van der Waals surface area contributed by atoms with Crippen molar-refractivity contribution in [2.24, 2.45) is 0 Å². The van der Waals surface area contributed by atoms with Gasteiger partial charge in [-0.1, -0.05) is 12.1 Å². The Morgan fingerprint density at radius 3 is 2.11 bits per heavy atom. The number of halogens is 1. The molecule has 1 saturated heterocycles. The van der Waals surface area contributed by atoms with Gasteiger partial charge in [0.1, 0.15) is 5.75 Å². The molecule has 0 bridgehead atoms. The molecule has 1 aliphatic heterocycles. The van der Waals surface area contributed by atoms with Gasteiger partial charge in [0.2, 0.25) is 0 Å². The summed E-state index contributed by atoms with van der Waals surface area (Å²) in [4.78, 5) is 2.42. The molecule has 2 unspecified atom stereocenters. The maximum absolute atomic E-state index is 9.79. The summed E-state index contributed by atoms with van der Waals surface area (Å²) in [5, 5.41) is 9.79. The standard InChI is InChI=1S/C15H23NO2.ClH/c1-10-5-14(6-11(2)15(10)17)9-16-7-12(3)18-13(4)8-16;/h5-6,12-13,17H,7-9H2,1-4H3;1H. The largest absolute Gasteiger partial charge is 0.507 e. The van der Waals surface area contributed by atoms with Crippen LogP contribution >= 0.6 is 12.4 Å². The molecule has 0 aromatic heterocycles. The molecule has 19 heavy (non-hydrogen) atoms. The van der Waals surface area contributed by atoms with Gasteiger partial charge in [-0.3, -0.25) is 4.90 Å². The molecule has 1 aliphatic rings. The van der Waals surface area contributed by atoms with Gasteiger partial charge in [-0.25, -0.2) is 0 Å². The quantitative estimate of drug-likeness (QED) is 0.907. The molecule has 0 spiro atoms. The minimum atomic E-state index is 0. The number of aryl methyl sites for hydroxylation is 2. The lowest BCUT2D eigenvalue weighted by Crippen LogP contribution is -2.44. The molecule has 2 rings (SSSR count). The average Bonchev–Trinajstić information content (AvgIpc) is 2.24. The fraction of sp³-hybridized carbons (Fsp3) is 0.600. The monoisotopic (exact) mass is 285 g/mol. The number of benzene rings is 1. The van der Waals surface area contributed by atoms with E-state index >= 15 is 0 Å².